The highest BCUT2D eigenvalue weighted by molar-refractivity contribution is 6.77. The summed E-state index contributed by atoms with van der Waals surface area (Å²) < 4.78 is 12.2. The maximum Gasteiger partial charge on any atom is 0.392 e. The second-order valence-electron chi connectivity index (χ2n) is 5.41. The number of hydrogen-bond acceptors (Lipinski definition) is 2. The fourth-order valence-electron chi connectivity index (χ4n) is 1.49. The molecule has 0 saturated carbocycles. The van der Waals surface area contributed by atoms with Gasteiger partial charge in [0.05, 0.1) is 0 Å². The van der Waals surface area contributed by atoms with Crippen LogP contribution < -0.4 is 0 Å². The van der Waals surface area contributed by atoms with Crippen molar-refractivity contribution in [1.29, 1.82) is 0 Å². The molecule has 0 atom stereocenters. The summed E-state index contributed by atoms with van der Waals surface area (Å²) in [6, 6.07) is 0. The first kappa shape index (κ1) is 18.1. The van der Waals surface area contributed by atoms with Gasteiger partial charge in [-0.3, -0.25) is 0 Å². The molecule has 0 rings (SSSR count). The smallest absolute Gasteiger partial charge is 0.386 e. The Morgan fingerprint density at radius 2 is 1.16 bits per heavy atom. The minimum Gasteiger partial charge on any atom is -0.386 e. The van der Waals surface area contributed by atoms with Crippen LogP contribution in [0.15, 0.2) is 47.9 Å². The lowest BCUT2D eigenvalue weighted by Crippen LogP contribution is -2.43. The van der Waals surface area contributed by atoms with E-state index in [0.29, 0.717) is 0 Å². The second-order valence-corrected chi connectivity index (χ2v) is 7.99. The van der Waals surface area contributed by atoms with Crippen molar-refractivity contribution in [3.63, 3.8) is 0 Å². The maximum absolute atomic E-state index is 6.11. The van der Waals surface area contributed by atoms with E-state index in [2.05, 4.69) is 13.2 Å². The molecule has 3 heteroatoms. The van der Waals surface area contributed by atoms with Gasteiger partial charge >= 0.3 is 8.56 Å². The predicted molar refractivity (Wildman–Crippen MR) is 86.1 cm³/mol. The topological polar surface area (TPSA) is 18.5 Å². The lowest BCUT2D eigenvalue weighted by atomic mass is 10.4. The minimum atomic E-state index is -2.53. The first-order valence-corrected chi connectivity index (χ1v) is 8.69. The Labute approximate surface area is 119 Å². The van der Waals surface area contributed by atoms with Crippen molar-refractivity contribution < 1.29 is 8.85 Å². The molecule has 0 saturated heterocycles. The Hall–Kier alpha value is -0.903. The highest BCUT2D eigenvalue weighted by atomic mass is 28.4. The van der Waals surface area contributed by atoms with Gasteiger partial charge in [0.25, 0.3) is 0 Å². The van der Waals surface area contributed by atoms with E-state index in [1.807, 2.05) is 65.1 Å². The molecule has 0 spiro atoms. The monoisotopic (exact) mass is 280 g/mol. The quantitative estimate of drug-likeness (QED) is 0.477. The zero-order valence-corrected chi connectivity index (χ0v) is 14.2. The molecule has 0 aliphatic rings. The molecule has 0 unspecified atom stereocenters. The Balaban J connectivity index is 5.41. The van der Waals surface area contributed by atoms with E-state index in [9.17, 15) is 0 Å². The molecule has 0 heterocycles. The SMILES string of the molecule is C=C(C)C=C[Si](C=CC(=C)C)(OC(C)C)OC(C)C. The Morgan fingerprint density at radius 1 is 0.842 bits per heavy atom. The van der Waals surface area contributed by atoms with E-state index in [-0.39, 0.29) is 12.2 Å². The van der Waals surface area contributed by atoms with Crippen molar-refractivity contribution in [2.75, 3.05) is 0 Å². The van der Waals surface area contributed by atoms with Gasteiger partial charge in [0.15, 0.2) is 0 Å². The molecule has 0 amide bonds. The van der Waals surface area contributed by atoms with Crippen LogP contribution in [0, 0.1) is 0 Å². The van der Waals surface area contributed by atoms with Crippen molar-refractivity contribution in [3.05, 3.63) is 47.9 Å². The van der Waals surface area contributed by atoms with E-state index >= 15 is 0 Å². The Bertz CT molecular complexity index is 329. The molecular weight excluding hydrogens is 252 g/mol. The van der Waals surface area contributed by atoms with Crippen LogP contribution in [0.3, 0.4) is 0 Å². The van der Waals surface area contributed by atoms with Gasteiger partial charge in [-0.25, -0.2) is 0 Å². The van der Waals surface area contributed by atoms with Crippen molar-refractivity contribution in [2.45, 2.75) is 53.8 Å². The molecule has 108 valence electrons. The standard InChI is InChI=1S/C16H28O2Si/c1-13(2)9-11-19(17-15(5)6,18-16(7)8)12-10-14(3)4/h9-12,15-16H,1,3H2,2,4-8H3. The van der Waals surface area contributed by atoms with E-state index in [1.165, 1.54) is 0 Å². The van der Waals surface area contributed by atoms with Crippen molar-refractivity contribution in [3.8, 4) is 0 Å². The molecular formula is C16H28O2Si. The molecule has 0 aromatic carbocycles. The van der Waals surface area contributed by atoms with Gasteiger partial charge in [-0.05, 0) is 52.9 Å². The summed E-state index contributed by atoms with van der Waals surface area (Å²) in [7, 11) is -2.53. The summed E-state index contributed by atoms with van der Waals surface area (Å²) in [6.07, 6.45) is 4.16. The van der Waals surface area contributed by atoms with Gasteiger partial charge in [0, 0.05) is 12.2 Å². The Morgan fingerprint density at radius 3 is 1.37 bits per heavy atom. The van der Waals surface area contributed by atoms with Crippen LogP contribution in [0.25, 0.3) is 0 Å². The second kappa shape index (κ2) is 8.30. The normalized spacial score (nSPS) is 13.1. The predicted octanol–water partition coefficient (Wildman–Crippen LogP) is 4.62. The minimum absolute atomic E-state index is 0.106. The third-order valence-corrected chi connectivity index (χ3v) is 4.98. The van der Waals surface area contributed by atoms with Gasteiger partial charge in [-0.1, -0.05) is 36.5 Å². The highest BCUT2D eigenvalue weighted by Gasteiger charge is 2.34. The van der Waals surface area contributed by atoms with Crippen LogP contribution in [-0.4, -0.2) is 20.8 Å². The number of allylic oxidation sites excluding steroid dienone is 4. The molecule has 0 fully saturated rings. The van der Waals surface area contributed by atoms with Gasteiger partial charge in [-0.15, -0.1) is 0 Å². The van der Waals surface area contributed by atoms with Crippen molar-refractivity contribution in [1.82, 2.24) is 0 Å². The van der Waals surface area contributed by atoms with Crippen LogP contribution in [0.1, 0.15) is 41.5 Å². The Kier molecular flexibility index (Phi) is 7.91. The largest absolute Gasteiger partial charge is 0.392 e. The fourth-order valence-corrected chi connectivity index (χ4v) is 4.48. The summed E-state index contributed by atoms with van der Waals surface area (Å²) >= 11 is 0. The van der Waals surface area contributed by atoms with E-state index in [0.717, 1.165) is 11.1 Å². The van der Waals surface area contributed by atoms with Gasteiger partial charge < -0.3 is 8.85 Å². The molecule has 0 aliphatic carbocycles. The molecule has 0 aromatic rings. The molecule has 2 nitrogen and oxygen atoms in total. The van der Waals surface area contributed by atoms with Crippen molar-refractivity contribution >= 4 is 8.56 Å². The van der Waals surface area contributed by atoms with Crippen LogP contribution in [0.2, 0.25) is 0 Å². The third-order valence-electron chi connectivity index (χ3n) is 2.04. The van der Waals surface area contributed by atoms with E-state index in [1.54, 1.807) is 0 Å². The molecule has 0 N–H and O–H groups in total. The molecule has 0 bridgehead atoms. The van der Waals surface area contributed by atoms with Crippen LogP contribution in [0.5, 0.6) is 0 Å². The maximum atomic E-state index is 6.11. The molecule has 0 aromatic heterocycles. The highest BCUT2D eigenvalue weighted by Crippen LogP contribution is 2.18. The molecule has 19 heavy (non-hydrogen) atoms. The molecule has 0 radical (unpaired) electrons. The lowest BCUT2D eigenvalue weighted by Gasteiger charge is -2.29. The number of hydrogen-bond donors (Lipinski definition) is 0. The van der Waals surface area contributed by atoms with Gasteiger partial charge in [0.1, 0.15) is 0 Å². The van der Waals surface area contributed by atoms with Crippen LogP contribution >= 0.6 is 0 Å². The van der Waals surface area contributed by atoms with Gasteiger partial charge in [-0.2, -0.15) is 0 Å². The summed E-state index contributed by atoms with van der Waals surface area (Å²) in [5.41, 5.74) is 6.05. The van der Waals surface area contributed by atoms with Crippen molar-refractivity contribution in [2.24, 2.45) is 0 Å². The fraction of sp³-hybridized carbons (Fsp3) is 0.500. The summed E-state index contributed by atoms with van der Waals surface area (Å²) in [4.78, 5) is 0. The average molecular weight is 280 g/mol. The van der Waals surface area contributed by atoms with E-state index < -0.39 is 8.56 Å². The molecule has 0 aliphatic heterocycles. The van der Waals surface area contributed by atoms with E-state index in [4.69, 9.17) is 8.85 Å². The third kappa shape index (κ3) is 8.75. The average Bonchev–Trinajstić information content (AvgIpc) is 2.22. The zero-order valence-electron chi connectivity index (χ0n) is 13.2. The first-order chi connectivity index (χ1) is 8.67. The zero-order chi connectivity index (χ0) is 15.1. The van der Waals surface area contributed by atoms with Gasteiger partial charge in [0.2, 0.25) is 0 Å². The first-order valence-electron chi connectivity index (χ1n) is 6.72. The summed E-state index contributed by atoms with van der Waals surface area (Å²) in [5, 5.41) is 0. The number of rotatable bonds is 8. The summed E-state index contributed by atoms with van der Waals surface area (Å²) in [5.74, 6) is 0. The lowest BCUT2D eigenvalue weighted by molar-refractivity contribution is 0.123. The summed E-state index contributed by atoms with van der Waals surface area (Å²) in [6.45, 7) is 19.8. The van der Waals surface area contributed by atoms with Crippen LogP contribution in [0.4, 0.5) is 0 Å². The van der Waals surface area contributed by atoms with Crippen LogP contribution in [-0.2, 0) is 8.85 Å².